The van der Waals surface area contributed by atoms with Crippen LogP contribution in [0.25, 0.3) is 0 Å². The van der Waals surface area contributed by atoms with Crippen LogP contribution in [0, 0.1) is 18.3 Å². The van der Waals surface area contributed by atoms with Gasteiger partial charge in [0.15, 0.2) is 5.16 Å². The Morgan fingerprint density at radius 1 is 1.45 bits per heavy atom. The zero-order valence-electron chi connectivity index (χ0n) is 11.0. The van der Waals surface area contributed by atoms with Gasteiger partial charge in [-0.05, 0) is 31.5 Å². The monoisotopic (exact) mass is 287 g/mol. The number of hydrogen-bond acceptors (Lipinski definition) is 5. The molecule has 20 heavy (non-hydrogen) atoms. The summed E-state index contributed by atoms with van der Waals surface area (Å²) in [5, 5.41) is 19.2. The second-order valence-electron chi connectivity index (χ2n) is 4.33. The Morgan fingerprint density at radius 3 is 2.80 bits per heavy atom. The van der Waals surface area contributed by atoms with E-state index in [4.69, 9.17) is 5.26 Å². The summed E-state index contributed by atoms with van der Waals surface area (Å²) in [4.78, 5) is 19.0. The molecule has 0 fully saturated rings. The zero-order chi connectivity index (χ0) is 14.7. The molecule has 0 aliphatic heterocycles. The van der Waals surface area contributed by atoms with Gasteiger partial charge in [0.25, 0.3) is 5.56 Å². The quantitative estimate of drug-likeness (QED) is 0.844. The van der Waals surface area contributed by atoms with Gasteiger partial charge < -0.3 is 10.1 Å². The highest BCUT2D eigenvalue weighted by Crippen LogP contribution is 2.31. The van der Waals surface area contributed by atoms with Crippen molar-refractivity contribution in [2.75, 3.05) is 0 Å². The summed E-state index contributed by atoms with van der Waals surface area (Å²) in [5.41, 5.74) is 1.58. The molecule has 102 valence electrons. The van der Waals surface area contributed by atoms with Crippen molar-refractivity contribution in [1.29, 1.82) is 5.26 Å². The van der Waals surface area contributed by atoms with Gasteiger partial charge in [-0.1, -0.05) is 17.8 Å². The fourth-order valence-corrected chi connectivity index (χ4v) is 2.83. The Bertz CT molecular complexity index is 732. The van der Waals surface area contributed by atoms with Gasteiger partial charge in [-0.3, -0.25) is 4.79 Å². The number of hydrogen-bond donors (Lipinski definition) is 2. The van der Waals surface area contributed by atoms with E-state index in [9.17, 15) is 9.90 Å². The predicted octanol–water partition coefficient (Wildman–Crippen LogP) is 2.15. The van der Waals surface area contributed by atoms with Gasteiger partial charge >= 0.3 is 0 Å². The first-order valence-corrected chi connectivity index (χ1v) is 6.79. The molecule has 1 aromatic carbocycles. The lowest BCUT2D eigenvalue weighted by molar-refractivity contribution is 0.196. The van der Waals surface area contributed by atoms with Crippen molar-refractivity contribution < 1.29 is 5.11 Å². The van der Waals surface area contributed by atoms with E-state index in [1.807, 2.05) is 0 Å². The SMILES string of the molecule is Cc1cc(=O)[nH]c(Sc2cc(C#N)ccc2C(C)O)n1. The summed E-state index contributed by atoms with van der Waals surface area (Å²) in [6.07, 6.45) is -0.665. The second kappa shape index (κ2) is 5.90. The molecule has 6 heteroatoms. The van der Waals surface area contributed by atoms with Crippen LogP contribution >= 0.6 is 11.8 Å². The van der Waals surface area contributed by atoms with Crippen molar-refractivity contribution in [2.24, 2.45) is 0 Å². The Labute approximate surface area is 120 Å². The van der Waals surface area contributed by atoms with E-state index >= 15 is 0 Å². The summed E-state index contributed by atoms with van der Waals surface area (Å²) in [7, 11) is 0. The maximum absolute atomic E-state index is 11.4. The number of nitrogens with one attached hydrogen (secondary N) is 1. The molecule has 0 aliphatic rings. The third-order valence-electron chi connectivity index (χ3n) is 2.65. The van der Waals surface area contributed by atoms with Gasteiger partial charge in [0, 0.05) is 16.7 Å². The summed E-state index contributed by atoms with van der Waals surface area (Å²) >= 11 is 1.22. The Hall–Kier alpha value is -2.10. The molecule has 1 heterocycles. The highest BCUT2D eigenvalue weighted by molar-refractivity contribution is 7.99. The Kier molecular flexibility index (Phi) is 4.23. The third kappa shape index (κ3) is 3.26. The number of aryl methyl sites for hydroxylation is 1. The van der Waals surface area contributed by atoms with E-state index < -0.39 is 6.10 Å². The standard InChI is InChI=1S/C14H13N3O2S/c1-8-5-13(19)17-14(16-8)20-12-6-10(7-15)3-4-11(12)9(2)18/h3-6,9,18H,1-2H3,(H,16,17,19). The molecule has 2 rings (SSSR count). The maximum Gasteiger partial charge on any atom is 0.251 e. The lowest BCUT2D eigenvalue weighted by Crippen LogP contribution is -2.08. The normalized spacial score (nSPS) is 11.9. The summed E-state index contributed by atoms with van der Waals surface area (Å²) < 4.78 is 0. The fraction of sp³-hybridized carbons (Fsp3) is 0.214. The molecule has 2 N–H and O–H groups in total. The molecule has 2 aromatic rings. The summed E-state index contributed by atoms with van der Waals surface area (Å²) in [6.45, 7) is 3.39. The molecular formula is C14H13N3O2S. The molecule has 0 spiro atoms. The van der Waals surface area contributed by atoms with Crippen molar-refractivity contribution >= 4 is 11.8 Å². The zero-order valence-corrected chi connectivity index (χ0v) is 11.9. The largest absolute Gasteiger partial charge is 0.389 e. The molecule has 0 aliphatic carbocycles. The van der Waals surface area contributed by atoms with Gasteiger partial charge in [-0.2, -0.15) is 5.26 Å². The highest BCUT2D eigenvalue weighted by Gasteiger charge is 2.12. The lowest BCUT2D eigenvalue weighted by Gasteiger charge is -2.11. The van der Waals surface area contributed by atoms with Crippen LogP contribution in [0.4, 0.5) is 0 Å². The number of H-pyrrole nitrogens is 1. The topological polar surface area (TPSA) is 89.8 Å². The average molecular weight is 287 g/mol. The number of aliphatic hydroxyl groups excluding tert-OH is 1. The summed E-state index contributed by atoms with van der Waals surface area (Å²) in [6, 6.07) is 8.50. The molecule has 0 saturated carbocycles. The first-order valence-electron chi connectivity index (χ1n) is 5.97. The minimum atomic E-state index is -0.665. The average Bonchev–Trinajstić information content (AvgIpc) is 2.37. The number of nitrogens with zero attached hydrogens (tertiary/aromatic N) is 2. The maximum atomic E-state index is 11.4. The first-order chi connectivity index (χ1) is 9.49. The molecule has 0 saturated heterocycles. The predicted molar refractivity (Wildman–Crippen MR) is 75.5 cm³/mol. The second-order valence-corrected chi connectivity index (χ2v) is 5.37. The van der Waals surface area contributed by atoms with E-state index in [0.29, 0.717) is 26.9 Å². The lowest BCUT2D eigenvalue weighted by atomic mass is 10.1. The van der Waals surface area contributed by atoms with Crippen LogP contribution in [0.1, 0.15) is 29.8 Å². The number of aromatic amines is 1. The van der Waals surface area contributed by atoms with E-state index in [0.717, 1.165) is 0 Å². The van der Waals surface area contributed by atoms with Crippen LogP contribution < -0.4 is 5.56 Å². The number of aromatic nitrogens is 2. The number of aliphatic hydroxyl groups is 1. The van der Waals surface area contributed by atoms with Crippen LogP contribution in [0.2, 0.25) is 0 Å². The van der Waals surface area contributed by atoms with Crippen molar-refractivity contribution in [3.8, 4) is 6.07 Å². The minimum absolute atomic E-state index is 0.227. The van der Waals surface area contributed by atoms with Gasteiger partial charge in [-0.15, -0.1) is 0 Å². The van der Waals surface area contributed by atoms with E-state index in [1.165, 1.54) is 17.8 Å². The van der Waals surface area contributed by atoms with Gasteiger partial charge in [-0.25, -0.2) is 4.98 Å². The first kappa shape index (κ1) is 14.3. The molecular weight excluding hydrogens is 274 g/mol. The van der Waals surface area contributed by atoms with Crippen LogP contribution in [0.3, 0.4) is 0 Å². The molecule has 0 radical (unpaired) electrons. The number of rotatable bonds is 3. The van der Waals surface area contributed by atoms with Crippen LogP contribution in [0.15, 0.2) is 39.1 Å². The summed E-state index contributed by atoms with van der Waals surface area (Å²) in [5.74, 6) is 0. The smallest absolute Gasteiger partial charge is 0.251 e. The molecule has 1 atom stereocenters. The van der Waals surface area contributed by atoms with Crippen LogP contribution in [-0.2, 0) is 0 Å². The molecule has 1 aromatic heterocycles. The van der Waals surface area contributed by atoms with Gasteiger partial charge in [0.05, 0.1) is 17.7 Å². The van der Waals surface area contributed by atoms with E-state index in [2.05, 4.69) is 16.0 Å². The van der Waals surface area contributed by atoms with Crippen molar-refractivity contribution in [3.05, 3.63) is 51.4 Å². The van der Waals surface area contributed by atoms with Gasteiger partial charge in [0.2, 0.25) is 0 Å². The van der Waals surface area contributed by atoms with Crippen molar-refractivity contribution in [1.82, 2.24) is 9.97 Å². The van der Waals surface area contributed by atoms with E-state index in [-0.39, 0.29) is 5.56 Å². The molecule has 0 bridgehead atoms. The Morgan fingerprint density at radius 2 is 2.20 bits per heavy atom. The van der Waals surface area contributed by atoms with Gasteiger partial charge in [0.1, 0.15) is 0 Å². The minimum Gasteiger partial charge on any atom is -0.389 e. The Balaban J connectivity index is 2.46. The highest BCUT2D eigenvalue weighted by atomic mass is 32.2. The molecule has 5 nitrogen and oxygen atoms in total. The molecule has 0 amide bonds. The van der Waals surface area contributed by atoms with Crippen molar-refractivity contribution in [3.63, 3.8) is 0 Å². The third-order valence-corrected chi connectivity index (χ3v) is 3.61. The van der Waals surface area contributed by atoms with E-state index in [1.54, 1.807) is 32.0 Å². The molecule has 1 unspecified atom stereocenters. The number of benzene rings is 1. The van der Waals surface area contributed by atoms with Crippen LogP contribution in [0.5, 0.6) is 0 Å². The van der Waals surface area contributed by atoms with Crippen LogP contribution in [-0.4, -0.2) is 15.1 Å². The number of nitriles is 1. The van der Waals surface area contributed by atoms with Crippen molar-refractivity contribution in [2.45, 2.75) is 30.0 Å². The fourth-order valence-electron chi connectivity index (χ4n) is 1.74.